The number of nitrogens with zero attached hydrogens (tertiary/aromatic N) is 2. The number of hydrogen-bond donors (Lipinski definition) is 0. The molecule has 0 saturated heterocycles. The Balaban J connectivity index is 1.89. The summed E-state index contributed by atoms with van der Waals surface area (Å²) in [5, 5.41) is 0. The third-order valence-electron chi connectivity index (χ3n) is 7.05. The number of aryl methyl sites for hydroxylation is 3. The largest absolute Gasteiger partial charge is 0.493 e. The molecule has 2 aromatic carbocycles. The Morgan fingerprint density at radius 2 is 1.57 bits per heavy atom. The van der Waals surface area contributed by atoms with Gasteiger partial charge in [0, 0.05) is 25.3 Å². The van der Waals surface area contributed by atoms with Crippen molar-refractivity contribution in [1.82, 2.24) is 4.31 Å². The van der Waals surface area contributed by atoms with Crippen molar-refractivity contribution >= 4 is 27.6 Å². The second kappa shape index (κ2) is 14.1. The van der Waals surface area contributed by atoms with E-state index < -0.39 is 16.0 Å². The van der Waals surface area contributed by atoms with Gasteiger partial charge in [-0.15, -0.1) is 0 Å². The van der Waals surface area contributed by atoms with Gasteiger partial charge in [0.1, 0.15) is 11.3 Å². The lowest BCUT2D eigenvalue weighted by molar-refractivity contribution is -0.118. The molecule has 0 atom stereocenters. The summed E-state index contributed by atoms with van der Waals surface area (Å²) < 4.78 is 39.6. The van der Waals surface area contributed by atoms with E-state index >= 15 is 0 Å². The Morgan fingerprint density at radius 1 is 0.950 bits per heavy atom. The zero-order chi connectivity index (χ0) is 29.4. The Kier molecular flexibility index (Phi) is 11.2. The third kappa shape index (κ3) is 8.07. The molecule has 0 heterocycles. The first kappa shape index (κ1) is 31.6. The molecular formula is C31H44N2O6S. The van der Waals surface area contributed by atoms with Gasteiger partial charge >= 0.3 is 5.97 Å². The van der Waals surface area contributed by atoms with Gasteiger partial charge in [-0.25, -0.2) is 13.2 Å². The van der Waals surface area contributed by atoms with Gasteiger partial charge < -0.3 is 14.4 Å². The predicted octanol–water partition coefficient (Wildman–Crippen LogP) is 5.81. The maximum atomic E-state index is 13.7. The van der Waals surface area contributed by atoms with E-state index in [0.29, 0.717) is 53.8 Å². The molecule has 2 aromatic rings. The molecule has 9 heteroatoms. The maximum absolute atomic E-state index is 13.7. The molecule has 40 heavy (non-hydrogen) atoms. The third-order valence-corrected chi connectivity index (χ3v) is 9.16. The van der Waals surface area contributed by atoms with Crippen molar-refractivity contribution in [3.63, 3.8) is 0 Å². The van der Waals surface area contributed by atoms with E-state index in [0.717, 1.165) is 48.4 Å². The molecule has 1 fully saturated rings. The average Bonchev–Trinajstić information content (AvgIpc) is 3.71. The van der Waals surface area contributed by atoms with Crippen LogP contribution in [0.1, 0.15) is 79.4 Å². The maximum Gasteiger partial charge on any atom is 0.341 e. The Labute approximate surface area is 239 Å². The fraction of sp³-hybridized carbons (Fsp3) is 0.548. The molecule has 1 aliphatic rings. The Hall–Kier alpha value is -2.91. The first-order chi connectivity index (χ1) is 19.0. The van der Waals surface area contributed by atoms with E-state index in [2.05, 4.69) is 6.92 Å². The van der Waals surface area contributed by atoms with Gasteiger partial charge in [-0.1, -0.05) is 44.4 Å². The molecule has 0 aliphatic heterocycles. The van der Waals surface area contributed by atoms with Crippen LogP contribution in [0.5, 0.6) is 5.75 Å². The van der Waals surface area contributed by atoms with Crippen LogP contribution in [0.3, 0.4) is 0 Å². The lowest BCUT2D eigenvalue weighted by Gasteiger charge is -2.27. The second-order valence-corrected chi connectivity index (χ2v) is 12.8. The van der Waals surface area contributed by atoms with Crippen molar-refractivity contribution in [2.45, 2.75) is 78.0 Å². The van der Waals surface area contributed by atoms with E-state index in [1.165, 1.54) is 7.05 Å². The minimum absolute atomic E-state index is 0.236. The number of ether oxygens (including phenoxy) is 2. The van der Waals surface area contributed by atoms with Gasteiger partial charge in [0.15, 0.2) is 0 Å². The van der Waals surface area contributed by atoms with Crippen LogP contribution in [-0.4, -0.2) is 58.0 Å². The number of esters is 1. The highest BCUT2D eigenvalue weighted by molar-refractivity contribution is 7.89. The number of carbonyl (C=O) groups is 2. The minimum atomic E-state index is -3.89. The van der Waals surface area contributed by atoms with Gasteiger partial charge in [-0.2, -0.15) is 4.31 Å². The Bertz CT molecular complexity index is 1280. The van der Waals surface area contributed by atoms with Crippen LogP contribution in [0.25, 0.3) is 0 Å². The molecule has 0 aromatic heterocycles. The average molecular weight is 573 g/mol. The van der Waals surface area contributed by atoms with E-state index in [9.17, 15) is 18.0 Å². The zero-order valence-electron chi connectivity index (χ0n) is 24.8. The molecule has 1 aliphatic carbocycles. The highest BCUT2D eigenvalue weighted by atomic mass is 32.2. The van der Waals surface area contributed by atoms with E-state index in [1.54, 1.807) is 36.9 Å². The molecule has 1 saturated carbocycles. The normalized spacial score (nSPS) is 13.4. The predicted molar refractivity (Wildman–Crippen MR) is 158 cm³/mol. The molecular weight excluding hydrogens is 528 g/mol. The summed E-state index contributed by atoms with van der Waals surface area (Å²) in [6.07, 6.45) is 5.47. The summed E-state index contributed by atoms with van der Waals surface area (Å²) in [6, 6.07) is 8.73. The van der Waals surface area contributed by atoms with Crippen molar-refractivity contribution in [2.24, 2.45) is 5.92 Å². The minimum Gasteiger partial charge on any atom is -0.493 e. The monoisotopic (exact) mass is 572 g/mol. The van der Waals surface area contributed by atoms with Crippen LogP contribution in [0.4, 0.5) is 5.69 Å². The summed E-state index contributed by atoms with van der Waals surface area (Å²) in [6.45, 7) is 10.5. The molecule has 1 amide bonds. The molecule has 0 bridgehead atoms. The summed E-state index contributed by atoms with van der Waals surface area (Å²) in [5.41, 5.74) is 3.18. The molecule has 0 N–H and O–H groups in total. The molecule has 0 unspecified atom stereocenters. The number of sulfonamides is 1. The van der Waals surface area contributed by atoms with Crippen LogP contribution < -0.4 is 9.64 Å². The van der Waals surface area contributed by atoms with Crippen LogP contribution in [0.2, 0.25) is 0 Å². The number of carbonyl (C=O) groups excluding carboxylic acids is 2. The number of unbranched alkanes of at least 4 members (excludes halogenated alkanes) is 2. The smallest absolute Gasteiger partial charge is 0.341 e. The number of anilines is 1. The molecule has 3 rings (SSSR count). The van der Waals surface area contributed by atoms with E-state index in [1.807, 2.05) is 26.0 Å². The van der Waals surface area contributed by atoms with Crippen LogP contribution in [0, 0.1) is 26.7 Å². The molecule has 0 radical (unpaired) electrons. The fourth-order valence-corrected chi connectivity index (χ4v) is 6.20. The summed E-state index contributed by atoms with van der Waals surface area (Å²) in [5.74, 6) is -0.0667. The van der Waals surface area contributed by atoms with Crippen molar-refractivity contribution < 1.29 is 27.5 Å². The van der Waals surface area contributed by atoms with Gasteiger partial charge in [0.05, 0.1) is 24.7 Å². The van der Waals surface area contributed by atoms with Gasteiger partial charge in [-0.05, 0) is 75.6 Å². The number of benzene rings is 2. The lowest BCUT2D eigenvalue weighted by Crippen LogP contribution is -2.42. The first-order valence-electron chi connectivity index (χ1n) is 14.3. The van der Waals surface area contributed by atoms with Crippen LogP contribution >= 0.6 is 0 Å². The van der Waals surface area contributed by atoms with Crippen LogP contribution in [-0.2, 0) is 19.6 Å². The van der Waals surface area contributed by atoms with Crippen LogP contribution in [0.15, 0.2) is 35.2 Å². The molecule has 0 spiro atoms. The van der Waals surface area contributed by atoms with E-state index in [4.69, 9.17) is 9.47 Å². The number of likely N-dealkylation sites (N-methyl/N-ethyl adjacent to an activating group) is 1. The topological polar surface area (TPSA) is 93.2 Å². The van der Waals surface area contributed by atoms with Gasteiger partial charge in [0.25, 0.3) is 0 Å². The van der Waals surface area contributed by atoms with E-state index in [-0.39, 0.29) is 17.3 Å². The quantitative estimate of drug-likeness (QED) is 0.198. The van der Waals surface area contributed by atoms with Gasteiger partial charge in [0.2, 0.25) is 15.9 Å². The fourth-order valence-electron chi connectivity index (χ4n) is 4.68. The number of hydrogen-bond acceptors (Lipinski definition) is 6. The first-order valence-corrected chi connectivity index (χ1v) is 15.7. The SMILES string of the molecule is CCCCOC(=O)c1ccc(N(CC2CC2)C(=O)CN(C)S(=O)(=O)c2c(C)cc(C)cc2C)cc1OCCCC. The Morgan fingerprint density at radius 3 is 2.17 bits per heavy atom. The summed E-state index contributed by atoms with van der Waals surface area (Å²) >= 11 is 0. The summed E-state index contributed by atoms with van der Waals surface area (Å²) in [4.78, 5) is 28.3. The van der Waals surface area contributed by atoms with Gasteiger partial charge in [-0.3, -0.25) is 4.79 Å². The lowest BCUT2D eigenvalue weighted by atomic mass is 10.1. The highest BCUT2D eigenvalue weighted by Crippen LogP contribution is 2.34. The second-order valence-electron chi connectivity index (χ2n) is 10.8. The standard InChI is InChI=1S/C31H44N2O6S/c1-7-9-15-38-28-19-26(13-14-27(28)31(35)39-16-10-8-2)33(20-25-11-12-25)29(34)21-32(6)40(36,37)30-23(4)17-22(3)18-24(30)5/h13-14,17-19,25H,7-12,15-16,20-21H2,1-6H3. The number of amides is 1. The number of rotatable bonds is 15. The molecule has 220 valence electrons. The van der Waals surface area contributed by atoms with Crippen molar-refractivity contribution in [2.75, 3.05) is 38.3 Å². The van der Waals surface area contributed by atoms with Crippen molar-refractivity contribution in [3.8, 4) is 5.75 Å². The summed E-state index contributed by atoms with van der Waals surface area (Å²) in [7, 11) is -2.45. The zero-order valence-corrected chi connectivity index (χ0v) is 25.6. The molecule has 8 nitrogen and oxygen atoms in total. The van der Waals surface area contributed by atoms with Crippen molar-refractivity contribution in [3.05, 3.63) is 52.6 Å². The highest BCUT2D eigenvalue weighted by Gasteiger charge is 2.32. The van der Waals surface area contributed by atoms with Crippen molar-refractivity contribution in [1.29, 1.82) is 0 Å².